The first-order valence-electron chi connectivity index (χ1n) is 4.22. The Bertz CT molecular complexity index is 433. The smallest absolute Gasteiger partial charge is 0.235 e. The summed E-state index contributed by atoms with van der Waals surface area (Å²) in [5.41, 5.74) is 0.269. The molecule has 3 nitrogen and oxygen atoms in total. The van der Waals surface area contributed by atoms with Crippen molar-refractivity contribution in [1.82, 2.24) is 0 Å². The molecular formula is C9H10ClFO3S. The predicted octanol–water partition coefficient (Wildman–Crippen LogP) is 1.30. The highest BCUT2D eigenvalue weighted by molar-refractivity contribution is 8.13. The Morgan fingerprint density at radius 2 is 2.00 bits per heavy atom. The van der Waals surface area contributed by atoms with Crippen molar-refractivity contribution in [3.8, 4) is 0 Å². The van der Waals surface area contributed by atoms with Gasteiger partial charge in [-0.25, -0.2) is 12.8 Å². The predicted molar refractivity (Wildman–Crippen MR) is 55.8 cm³/mol. The summed E-state index contributed by atoms with van der Waals surface area (Å²) in [4.78, 5) is 0. The van der Waals surface area contributed by atoms with Gasteiger partial charge in [-0.2, -0.15) is 0 Å². The first kappa shape index (κ1) is 12.4. The van der Waals surface area contributed by atoms with Crippen LogP contribution in [0.25, 0.3) is 0 Å². The van der Waals surface area contributed by atoms with E-state index in [9.17, 15) is 17.9 Å². The summed E-state index contributed by atoms with van der Waals surface area (Å²) in [6.45, 7) is 0. The summed E-state index contributed by atoms with van der Waals surface area (Å²) in [6, 6.07) is 5.86. The zero-order chi connectivity index (χ0) is 11.5. The topological polar surface area (TPSA) is 54.4 Å². The Labute approximate surface area is 91.9 Å². The van der Waals surface area contributed by atoms with E-state index < -0.39 is 26.7 Å². The number of halogens is 2. The summed E-state index contributed by atoms with van der Waals surface area (Å²) in [7, 11) is 1.20. The second-order valence-electron chi connectivity index (χ2n) is 3.15. The number of benzene rings is 1. The van der Waals surface area contributed by atoms with Gasteiger partial charge in [-0.3, -0.25) is 0 Å². The van der Waals surface area contributed by atoms with Crippen molar-refractivity contribution in [3.05, 3.63) is 35.6 Å². The third-order valence-electron chi connectivity index (χ3n) is 1.80. The van der Waals surface area contributed by atoms with Crippen LogP contribution in [0.3, 0.4) is 0 Å². The zero-order valence-electron chi connectivity index (χ0n) is 7.73. The molecule has 0 fully saturated rings. The van der Waals surface area contributed by atoms with Gasteiger partial charge in [0, 0.05) is 17.1 Å². The second kappa shape index (κ2) is 4.92. The van der Waals surface area contributed by atoms with E-state index in [-0.39, 0.29) is 12.0 Å². The Morgan fingerprint density at radius 1 is 1.40 bits per heavy atom. The fourth-order valence-corrected chi connectivity index (χ4v) is 2.22. The van der Waals surface area contributed by atoms with Gasteiger partial charge in [0.25, 0.3) is 0 Å². The molecule has 1 aromatic carbocycles. The molecule has 1 N–H and O–H groups in total. The van der Waals surface area contributed by atoms with Gasteiger partial charge >= 0.3 is 0 Å². The second-order valence-corrected chi connectivity index (χ2v) is 5.98. The average Bonchev–Trinajstić information content (AvgIpc) is 2.05. The molecule has 0 saturated carbocycles. The highest BCUT2D eigenvalue weighted by Gasteiger charge is 2.16. The van der Waals surface area contributed by atoms with Crippen LogP contribution in [0, 0.1) is 5.82 Å². The lowest BCUT2D eigenvalue weighted by Crippen LogP contribution is -2.20. The first-order valence-corrected chi connectivity index (χ1v) is 6.70. The molecule has 0 amide bonds. The Morgan fingerprint density at radius 3 is 2.53 bits per heavy atom. The molecule has 6 heteroatoms. The number of rotatable bonds is 4. The van der Waals surface area contributed by atoms with Crippen molar-refractivity contribution in [2.24, 2.45) is 0 Å². The molecule has 84 valence electrons. The number of hydrogen-bond donors (Lipinski definition) is 1. The molecule has 0 radical (unpaired) electrons. The summed E-state index contributed by atoms with van der Waals surface area (Å²) in [6.07, 6.45) is -1.26. The van der Waals surface area contributed by atoms with Crippen molar-refractivity contribution in [2.75, 3.05) is 5.75 Å². The summed E-state index contributed by atoms with van der Waals surface area (Å²) in [5, 5.41) is 9.33. The van der Waals surface area contributed by atoms with Crippen LogP contribution in [-0.4, -0.2) is 25.4 Å². The van der Waals surface area contributed by atoms with Crippen molar-refractivity contribution < 1.29 is 17.9 Å². The molecule has 0 aromatic heterocycles. The Hall–Kier alpha value is -0.650. The number of aliphatic hydroxyl groups excluding tert-OH is 1. The minimum Gasteiger partial charge on any atom is -0.392 e. The fraction of sp³-hybridized carbons (Fsp3) is 0.333. The molecule has 0 aliphatic heterocycles. The van der Waals surface area contributed by atoms with Gasteiger partial charge in [0.15, 0.2) is 0 Å². The summed E-state index contributed by atoms with van der Waals surface area (Å²) < 4.78 is 34.3. The zero-order valence-corrected chi connectivity index (χ0v) is 9.30. The van der Waals surface area contributed by atoms with E-state index in [1.165, 1.54) is 18.2 Å². The van der Waals surface area contributed by atoms with E-state index in [1.807, 2.05) is 0 Å². The lowest BCUT2D eigenvalue weighted by molar-refractivity contribution is 0.197. The van der Waals surface area contributed by atoms with Crippen molar-refractivity contribution >= 4 is 19.7 Å². The Balaban J connectivity index is 2.67. The Kier molecular flexibility index (Phi) is 4.07. The minimum absolute atomic E-state index is 0.0708. The molecule has 1 atom stereocenters. The third-order valence-corrected chi connectivity index (χ3v) is 2.97. The van der Waals surface area contributed by atoms with Crippen LogP contribution in [0.15, 0.2) is 24.3 Å². The molecule has 0 aliphatic carbocycles. The van der Waals surface area contributed by atoms with Crippen LogP contribution in [0.4, 0.5) is 4.39 Å². The maximum absolute atomic E-state index is 13.1. The minimum atomic E-state index is -3.76. The van der Waals surface area contributed by atoms with Crippen molar-refractivity contribution in [3.63, 3.8) is 0 Å². The number of aliphatic hydroxyl groups is 1. The molecule has 1 aromatic rings. The standard InChI is InChI=1S/C9H10ClFO3S/c10-15(13,14)6-8(12)5-7-3-1-2-4-9(7)11/h1-4,8,12H,5-6H2. The first-order chi connectivity index (χ1) is 6.88. The van der Waals surface area contributed by atoms with E-state index in [0.29, 0.717) is 0 Å². The molecule has 1 unspecified atom stereocenters. The molecular weight excluding hydrogens is 243 g/mol. The van der Waals surface area contributed by atoms with E-state index in [4.69, 9.17) is 10.7 Å². The lowest BCUT2D eigenvalue weighted by atomic mass is 10.1. The van der Waals surface area contributed by atoms with Crippen molar-refractivity contribution in [1.29, 1.82) is 0 Å². The van der Waals surface area contributed by atoms with Crippen LogP contribution in [0.2, 0.25) is 0 Å². The average molecular weight is 253 g/mol. The van der Waals surface area contributed by atoms with Gasteiger partial charge < -0.3 is 5.11 Å². The van der Waals surface area contributed by atoms with Gasteiger partial charge in [0.05, 0.1) is 11.9 Å². The summed E-state index contributed by atoms with van der Waals surface area (Å²) in [5.74, 6) is -1.05. The molecule has 0 aliphatic rings. The SMILES string of the molecule is O=S(=O)(Cl)CC(O)Cc1ccccc1F. The molecule has 1 rings (SSSR count). The van der Waals surface area contributed by atoms with Gasteiger partial charge in [0.1, 0.15) is 5.82 Å². The van der Waals surface area contributed by atoms with Gasteiger partial charge in [0.2, 0.25) is 9.05 Å². The van der Waals surface area contributed by atoms with Crippen LogP contribution < -0.4 is 0 Å². The van der Waals surface area contributed by atoms with Gasteiger partial charge in [-0.05, 0) is 11.6 Å². The van der Waals surface area contributed by atoms with E-state index >= 15 is 0 Å². The largest absolute Gasteiger partial charge is 0.392 e. The fourth-order valence-electron chi connectivity index (χ4n) is 1.21. The van der Waals surface area contributed by atoms with Crippen molar-refractivity contribution in [2.45, 2.75) is 12.5 Å². The van der Waals surface area contributed by atoms with Crippen LogP contribution in [0.5, 0.6) is 0 Å². The molecule has 0 saturated heterocycles. The van der Waals surface area contributed by atoms with Crippen LogP contribution in [0.1, 0.15) is 5.56 Å². The molecule has 15 heavy (non-hydrogen) atoms. The highest BCUT2D eigenvalue weighted by Crippen LogP contribution is 2.11. The van der Waals surface area contributed by atoms with E-state index in [0.717, 1.165) is 0 Å². The maximum atomic E-state index is 13.1. The quantitative estimate of drug-likeness (QED) is 0.822. The number of hydrogen-bond acceptors (Lipinski definition) is 3. The monoisotopic (exact) mass is 252 g/mol. The molecule has 0 bridgehead atoms. The van der Waals surface area contributed by atoms with E-state index in [1.54, 1.807) is 6.07 Å². The molecule has 0 spiro atoms. The highest BCUT2D eigenvalue weighted by atomic mass is 35.7. The molecule has 0 heterocycles. The van der Waals surface area contributed by atoms with Gasteiger partial charge in [-0.15, -0.1) is 0 Å². The lowest BCUT2D eigenvalue weighted by Gasteiger charge is -2.08. The van der Waals surface area contributed by atoms with Crippen LogP contribution in [-0.2, 0) is 15.5 Å². The maximum Gasteiger partial charge on any atom is 0.235 e. The normalized spacial score (nSPS) is 13.8. The third kappa shape index (κ3) is 4.59. The summed E-state index contributed by atoms with van der Waals surface area (Å²) >= 11 is 0. The van der Waals surface area contributed by atoms with Gasteiger partial charge in [-0.1, -0.05) is 18.2 Å². The van der Waals surface area contributed by atoms with Crippen LogP contribution >= 0.6 is 10.7 Å². The van der Waals surface area contributed by atoms with E-state index in [2.05, 4.69) is 0 Å².